The van der Waals surface area contributed by atoms with E-state index >= 15 is 0 Å². The summed E-state index contributed by atoms with van der Waals surface area (Å²) in [6, 6.07) is 17.7. The van der Waals surface area contributed by atoms with Gasteiger partial charge in [0.05, 0.1) is 33.5 Å². The summed E-state index contributed by atoms with van der Waals surface area (Å²) in [7, 11) is 0. The monoisotopic (exact) mass is 501 g/mol. The smallest absolute Gasteiger partial charge is 0.280 e. The third kappa shape index (κ3) is 4.73. The molecule has 180 valence electrons. The zero-order valence-corrected chi connectivity index (χ0v) is 20.2. The molecule has 2 aromatic heterocycles. The van der Waals surface area contributed by atoms with Crippen molar-refractivity contribution in [2.75, 3.05) is 5.01 Å². The number of anilines is 1. The number of thiazole rings is 1. The molecule has 0 unspecified atom stereocenters. The van der Waals surface area contributed by atoms with E-state index in [0.29, 0.717) is 32.5 Å². The molecule has 0 fully saturated rings. The van der Waals surface area contributed by atoms with E-state index in [1.807, 2.05) is 13.8 Å². The molecule has 0 aliphatic carbocycles. The lowest BCUT2D eigenvalue weighted by atomic mass is 10.2. The Labute approximate surface area is 209 Å². The number of halogens is 1. The molecule has 0 spiro atoms. The molecular weight excluding hydrogens is 481 g/mol. The van der Waals surface area contributed by atoms with Gasteiger partial charge in [0.2, 0.25) is 10.6 Å². The van der Waals surface area contributed by atoms with Gasteiger partial charge in [-0.05, 0) is 68.4 Å². The van der Waals surface area contributed by atoms with E-state index in [-0.39, 0.29) is 22.2 Å². The predicted molar refractivity (Wildman–Crippen MR) is 139 cm³/mol. The van der Waals surface area contributed by atoms with E-state index in [9.17, 15) is 14.0 Å². The molecule has 0 atom stereocenters. The highest BCUT2D eigenvalue weighted by atomic mass is 32.1. The molecular formula is C27H20FN3O4S. The molecule has 9 heteroatoms. The number of hydrogen-bond acceptors (Lipinski definition) is 7. The van der Waals surface area contributed by atoms with Crippen LogP contribution in [0.25, 0.3) is 21.2 Å². The SMILES string of the molecule is CC(C)Oc1ccc(C(=O)N(/N=C/c2coc3ccccc3c2=O)c2nc3ccc(F)cc3s2)cc1. The molecule has 5 aromatic rings. The van der Waals surface area contributed by atoms with Gasteiger partial charge in [-0.25, -0.2) is 9.37 Å². The maximum Gasteiger partial charge on any atom is 0.280 e. The molecule has 36 heavy (non-hydrogen) atoms. The second-order valence-corrected chi connectivity index (χ2v) is 9.19. The van der Waals surface area contributed by atoms with Crippen LogP contribution in [-0.2, 0) is 0 Å². The van der Waals surface area contributed by atoms with Crippen LogP contribution in [0.15, 0.2) is 87.3 Å². The maximum atomic E-state index is 13.8. The second kappa shape index (κ2) is 9.71. The van der Waals surface area contributed by atoms with Crippen molar-refractivity contribution in [1.29, 1.82) is 0 Å². The summed E-state index contributed by atoms with van der Waals surface area (Å²) < 4.78 is 25.5. The molecule has 2 heterocycles. The first-order valence-electron chi connectivity index (χ1n) is 11.1. The van der Waals surface area contributed by atoms with Gasteiger partial charge in [0.15, 0.2) is 0 Å². The van der Waals surface area contributed by atoms with E-state index in [4.69, 9.17) is 9.15 Å². The highest BCUT2D eigenvalue weighted by molar-refractivity contribution is 7.22. The van der Waals surface area contributed by atoms with Gasteiger partial charge in [0.1, 0.15) is 23.4 Å². The zero-order chi connectivity index (χ0) is 25.2. The minimum atomic E-state index is -0.480. The highest BCUT2D eigenvalue weighted by Gasteiger charge is 2.22. The molecule has 5 rings (SSSR count). The molecule has 0 radical (unpaired) electrons. The van der Waals surface area contributed by atoms with E-state index in [1.54, 1.807) is 48.5 Å². The van der Waals surface area contributed by atoms with E-state index in [0.717, 1.165) is 16.3 Å². The fourth-order valence-electron chi connectivity index (χ4n) is 3.54. The number of ether oxygens (including phenoxy) is 1. The van der Waals surface area contributed by atoms with Gasteiger partial charge in [0.25, 0.3) is 5.91 Å². The van der Waals surface area contributed by atoms with Gasteiger partial charge in [-0.15, -0.1) is 0 Å². The van der Waals surface area contributed by atoms with Crippen molar-refractivity contribution in [2.24, 2.45) is 5.10 Å². The van der Waals surface area contributed by atoms with Crippen molar-refractivity contribution < 1.29 is 18.3 Å². The summed E-state index contributed by atoms with van der Waals surface area (Å²) in [4.78, 5) is 30.9. The number of carbonyl (C=O) groups is 1. The zero-order valence-electron chi connectivity index (χ0n) is 19.3. The van der Waals surface area contributed by atoms with Crippen LogP contribution in [0.5, 0.6) is 5.75 Å². The van der Waals surface area contributed by atoms with E-state index < -0.39 is 11.7 Å². The van der Waals surface area contributed by atoms with Crippen molar-refractivity contribution >= 4 is 49.8 Å². The third-order valence-electron chi connectivity index (χ3n) is 5.20. The Morgan fingerprint density at radius 3 is 2.69 bits per heavy atom. The van der Waals surface area contributed by atoms with Crippen molar-refractivity contribution in [3.8, 4) is 5.75 Å². The molecule has 1 amide bonds. The van der Waals surface area contributed by atoms with Gasteiger partial charge < -0.3 is 9.15 Å². The fraction of sp³-hybridized carbons (Fsp3) is 0.111. The minimum absolute atomic E-state index is 0.00977. The summed E-state index contributed by atoms with van der Waals surface area (Å²) in [5.41, 5.74) is 1.19. The van der Waals surface area contributed by atoms with Gasteiger partial charge in [-0.2, -0.15) is 10.1 Å². The van der Waals surface area contributed by atoms with Crippen LogP contribution in [0.3, 0.4) is 0 Å². The number of hydrogen-bond donors (Lipinski definition) is 0. The normalized spacial score (nSPS) is 11.6. The van der Waals surface area contributed by atoms with Crippen LogP contribution in [0.2, 0.25) is 0 Å². The molecule has 0 aliphatic rings. The Morgan fingerprint density at radius 1 is 1.14 bits per heavy atom. The Bertz CT molecular complexity index is 1660. The van der Waals surface area contributed by atoms with Crippen LogP contribution >= 0.6 is 11.3 Å². The van der Waals surface area contributed by atoms with E-state index in [1.165, 1.54) is 30.7 Å². The molecule has 0 saturated heterocycles. The first-order valence-corrected chi connectivity index (χ1v) is 11.9. The summed E-state index contributed by atoms with van der Waals surface area (Å²) >= 11 is 1.11. The van der Waals surface area contributed by atoms with Crippen molar-refractivity contribution in [1.82, 2.24) is 4.98 Å². The molecule has 3 aromatic carbocycles. The first kappa shape index (κ1) is 23.4. The molecule has 0 saturated carbocycles. The fourth-order valence-corrected chi connectivity index (χ4v) is 4.49. The van der Waals surface area contributed by atoms with Crippen molar-refractivity contribution in [3.63, 3.8) is 0 Å². The number of rotatable bonds is 6. The Kier molecular flexibility index (Phi) is 6.30. The summed E-state index contributed by atoms with van der Waals surface area (Å²) in [5.74, 6) is -0.263. The van der Waals surface area contributed by atoms with Crippen LogP contribution in [0.1, 0.15) is 29.8 Å². The molecule has 0 N–H and O–H groups in total. The summed E-state index contributed by atoms with van der Waals surface area (Å²) in [5, 5.41) is 6.04. The Hall–Kier alpha value is -4.37. The number of fused-ring (bicyclic) bond motifs is 2. The van der Waals surface area contributed by atoms with Crippen LogP contribution in [0, 0.1) is 5.82 Å². The van der Waals surface area contributed by atoms with E-state index in [2.05, 4.69) is 10.1 Å². The highest BCUT2D eigenvalue weighted by Crippen LogP contribution is 2.31. The number of nitrogens with zero attached hydrogens (tertiary/aromatic N) is 3. The Morgan fingerprint density at radius 2 is 1.92 bits per heavy atom. The van der Waals surface area contributed by atoms with Crippen molar-refractivity contribution in [2.45, 2.75) is 20.0 Å². The number of benzene rings is 3. The van der Waals surface area contributed by atoms with Gasteiger partial charge >= 0.3 is 0 Å². The topological polar surface area (TPSA) is 85.0 Å². The lowest BCUT2D eigenvalue weighted by Crippen LogP contribution is -2.26. The third-order valence-corrected chi connectivity index (χ3v) is 6.20. The molecule has 7 nitrogen and oxygen atoms in total. The van der Waals surface area contributed by atoms with Crippen molar-refractivity contribution in [3.05, 3.63) is 100 Å². The minimum Gasteiger partial charge on any atom is -0.491 e. The average molecular weight is 502 g/mol. The quantitative estimate of drug-likeness (QED) is 0.210. The first-order chi connectivity index (χ1) is 17.4. The summed E-state index contributed by atoms with van der Waals surface area (Å²) in [6.07, 6.45) is 2.55. The number of para-hydroxylation sites is 1. The lowest BCUT2D eigenvalue weighted by molar-refractivity contribution is 0.0988. The number of aromatic nitrogens is 1. The van der Waals surface area contributed by atoms with Crippen LogP contribution in [-0.4, -0.2) is 23.2 Å². The number of amides is 1. The largest absolute Gasteiger partial charge is 0.491 e. The maximum absolute atomic E-state index is 13.8. The second-order valence-electron chi connectivity index (χ2n) is 8.18. The lowest BCUT2D eigenvalue weighted by Gasteiger charge is -2.15. The standard InChI is InChI=1S/C27H20FN3O4S/c1-16(2)35-20-10-7-17(8-11-20)26(33)31(27-30-22-12-9-19(28)13-24(22)36-27)29-14-18-15-34-23-6-4-3-5-21(23)25(18)32/h3-16H,1-2H3/b29-14+. The number of carbonyl (C=O) groups excluding carboxylic acids is 1. The average Bonchev–Trinajstić information content (AvgIpc) is 3.28. The Balaban J connectivity index is 1.55. The van der Waals surface area contributed by atoms with Crippen LogP contribution < -0.4 is 15.2 Å². The van der Waals surface area contributed by atoms with Crippen LogP contribution in [0.4, 0.5) is 9.52 Å². The summed E-state index contributed by atoms with van der Waals surface area (Å²) in [6.45, 7) is 3.82. The van der Waals surface area contributed by atoms with Gasteiger partial charge in [0, 0.05) is 5.56 Å². The molecule has 0 aliphatic heterocycles. The predicted octanol–water partition coefficient (Wildman–Crippen LogP) is 6.01. The van der Waals surface area contributed by atoms with Gasteiger partial charge in [-0.3, -0.25) is 9.59 Å². The molecule has 0 bridgehead atoms. The number of hydrazone groups is 1. The van der Waals surface area contributed by atoms with Gasteiger partial charge in [-0.1, -0.05) is 23.5 Å².